The maximum atomic E-state index is 9.35. The predicted octanol–water partition coefficient (Wildman–Crippen LogP) is 3.64. The molecule has 128 valence electrons. The molecule has 3 fully saturated rings. The first-order chi connectivity index (χ1) is 10.3. The minimum absolute atomic E-state index is 0.277. The summed E-state index contributed by atoms with van der Waals surface area (Å²) in [5.41, 5.74) is 0. The number of methoxy groups -OCH3 is 1. The van der Waals surface area contributed by atoms with Crippen LogP contribution in [0.25, 0.3) is 0 Å². The molecule has 2 saturated heterocycles. The van der Waals surface area contributed by atoms with Crippen LogP contribution in [0, 0.1) is 29.6 Å². The second-order valence-electron chi connectivity index (χ2n) is 7.87. The third-order valence-corrected chi connectivity index (χ3v) is 6.44. The smallest absolute Gasteiger partial charge is 0.201 e. The molecular weight excluding hydrogens is 284 g/mol. The van der Waals surface area contributed by atoms with E-state index in [1.807, 2.05) is 6.92 Å². The van der Waals surface area contributed by atoms with Gasteiger partial charge in [0.1, 0.15) is 0 Å². The Morgan fingerprint density at radius 1 is 1.09 bits per heavy atom. The maximum Gasteiger partial charge on any atom is 0.201 e. The molecule has 0 amide bonds. The van der Waals surface area contributed by atoms with Crippen molar-refractivity contribution in [2.24, 2.45) is 29.6 Å². The van der Waals surface area contributed by atoms with E-state index in [9.17, 15) is 5.26 Å². The monoisotopic (exact) mass is 314 g/mol. The minimum Gasteiger partial charge on any atom is -0.355 e. The summed E-state index contributed by atoms with van der Waals surface area (Å²) in [6, 6.07) is 0. The number of rotatable bonds is 2. The summed E-state index contributed by atoms with van der Waals surface area (Å²) >= 11 is 0. The first-order valence-electron chi connectivity index (χ1n) is 8.57. The van der Waals surface area contributed by atoms with E-state index in [-0.39, 0.29) is 6.29 Å². The van der Waals surface area contributed by atoms with E-state index < -0.39 is 11.6 Å². The van der Waals surface area contributed by atoms with Crippen LogP contribution < -0.4 is 0 Å². The van der Waals surface area contributed by atoms with Crippen molar-refractivity contribution in [3.8, 4) is 0 Å². The van der Waals surface area contributed by atoms with Gasteiger partial charge in [0, 0.05) is 25.4 Å². The number of ether oxygens (including phenoxy) is 3. The lowest BCUT2D eigenvalue weighted by molar-refractivity contribution is -0.472. The second kappa shape index (κ2) is 5.71. The van der Waals surface area contributed by atoms with Gasteiger partial charge >= 0.3 is 0 Å². The first kappa shape index (κ1) is 16.7. The molecule has 8 atom stereocenters. The molecule has 5 heteroatoms. The second-order valence-corrected chi connectivity index (χ2v) is 7.87. The van der Waals surface area contributed by atoms with Crippen LogP contribution in [0.4, 0.5) is 0 Å². The summed E-state index contributed by atoms with van der Waals surface area (Å²) in [6.45, 7) is 8.34. The highest BCUT2D eigenvalue weighted by Crippen LogP contribution is 2.57. The molecule has 0 bridgehead atoms. The summed E-state index contributed by atoms with van der Waals surface area (Å²) in [4.78, 5) is 4.71. The van der Waals surface area contributed by atoms with Gasteiger partial charge in [-0.2, -0.15) is 0 Å². The Morgan fingerprint density at radius 2 is 1.82 bits per heavy atom. The normalized spacial score (nSPS) is 55.4. The summed E-state index contributed by atoms with van der Waals surface area (Å²) < 4.78 is 18.1. The Balaban J connectivity index is 2.01. The molecule has 0 spiro atoms. The molecule has 2 unspecified atom stereocenters. The van der Waals surface area contributed by atoms with Gasteiger partial charge in [0.05, 0.1) is 0 Å². The van der Waals surface area contributed by atoms with Crippen molar-refractivity contribution in [2.75, 3.05) is 7.11 Å². The Kier molecular flexibility index (Phi) is 4.32. The number of hydrogen-bond acceptors (Lipinski definition) is 5. The minimum atomic E-state index is -1.02. The van der Waals surface area contributed by atoms with Crippen molar-refractivity contribution < 1.29 is 24.4 Å². The summed E-state index contributed by atoms with van der Waals surface area (Å²) in [6.07, 6.45) is 3.80. The standard InChI is InChI=1S/C17H30O5/c1-10-6-7-13-11(2)15(19-5)20-17(4)14(13)12(10)8-9-16(3,21-17)22-18/h10-15,18H,6-9H2,1-5H3/t10-,11-,12+,13+,14?,15?,16-,17-/m1/s1. The molecule has 0 aromatic rings. The predicted molar refractivity (Wildman–Crippen MR) is 80.8 cm³/mol. The molecule has 0 radical (unpaired) electrons. The van der Waals surface area contributed by atoms with E-state index in [2.05, 4.69) is 13.8 Å². The van der Waals surface area contributed by atoms with Gasteiger partial charge in [-0.1, -0.05) is 20.3 Å². The fourth-order valence-corrected chi connectivity index (χ4v) is 5.30. The van der Waals surface area contributed by atoms with E-state index in [1.54, 1.807) is 14.0 Å². The first-order valence-corrected chi connectivity index (χ1v) is 8.57. The molecular formula is C17H30O5. The summed E-state index contributed by atoms with van der Waals surface area (Å²) in [5, 5.41) is 9.35. The van der Waals surface area contributed by atoms with E-state index in [0.717, 1.165) is 6.42 Å². The lowest BCUT2D eigenvalue weighted by Gasteiger charge is -2.56. The van der Waals surface area contributed by atoms with Crippen molar-refractivity contribution in [3.63, 3.8) is 0 Å². The van der Waals surface area contributed by atoms with Crippen LogP contribution in [0.3, 0.4) is 0 Å². The Bertz CT molecular complexity index is 414. The van der Waals surface area contributed by atoms with E-state index >= 15 is 0 Å². The molecule has 2 aliphatic heterocycles. The Labute approximate surface area is 133 Å². The lowest BCUT2D eigenvalue weighted by atomic mass is 9.59. The molecule has 0 aromatic heterocycles. The maximum absolute atomic E-state index is 9.35. The third-order valence-electron chi connectivity index (χ3n) is 6.44. The topological polar surface area (TPSA) is 57.2 Å². The zero-order valence-corrected chi connectivity index (χ0v) is 14.4. The van der Waals surface area contributed by atoms with E-state index in [1.165, 1.54) is 12.8 Å². The highest BCUT2D eigenvalue weighted by Gasteiger charge is 2.60. The SMILES string of the molecule is COC1O[C@]2(C)O[C@](C)(OO)CC[C@@H]3C2[C@@H](CC[C@H]3C)[C@H]1C. The van der Waals surface area contributed by atoms with Crippen LogP contribution in [0.2, 0.25) is 0 Å². The van der Waals surface area contributed by atoms with Crippen LogP contribution in [0.15, 0.2) is 0 Å². The average Bonchev–Trinajstić information content (AvgIpc) is 2.61. The molecule has 0 aromatic carbocycles. The van der Waals surface area contributed by atoms with Crippen molar-refractivity contribution in [3.05, 3.63) is 0 Å². The van der Waals surface area contributed by atoms with Crippen molar-refractivity contribution in [1.82, 2.24) is 0 Å². The zero-order valence-electron chi connectivity index (χ0n) is 14.4. The van der Waals surface area contributed by atoms with Crippen molar-refractivity contribution >= 4 is 0 Å². The third kappa shape index (κ3) is 2.51. The highest BCUT2D eigenvalue weighted by molar-refractivity contribution is 5.00. The molecule has 3 aliphatic rings. The average molecular weight is 314 g/mol. The fraction of sp³-hybridized carbons (Fsp3) is 1.00. The number of hydrogen-bond donors (Lipinski definition) is 1. The molecule has 1 N–H and O–H groups in total. The van der Waals surface area contributed by atoms with Crippen LogP contribution in [-0.2, 0) is 19.1 Å². The highest BCUT2D eigenvalue weighted by atomic mass is 17.1. The van der Waals surface area contributed by atoms with Gasteiger partial charge in [-0.15, -0.1) is 0 Å². The summed E-state index contributed by atoms with van der Waals surface area (Å²) in [5.74, 6) is 0.545. The zero-order chi connectivity index (χ0) is 16.1. The van der Waals surface area contributed by atoms with Gasteiger partial charge in [0.2, 0.25) is 5.79 Å². The largest absolute Gasteiger partial charge is 0.355 e. The fourth-order valence-electron chi connectivity index (χ4n) is 5.30. The van der Waals surface area contributed by atoms with Crippen LogP contribution in [0.5, 0.6) is 0 Å². The van der Waals surface area contributed by atoms with Crippen LogP contribution in [-0.4, -0.2) is 30.2 Å². The van der Waals surface area contributed by atoms with Crippen LogP contribution >= 0.6 is 0 Å². The Hall–Kier alpha value is -0.200. The van der Waals surface area contributed by atoms with Gasteiger partial charge in [0.25, 0.3) is 0 Å². The molecule has 1 saturated carbocycles. The molecule has 5 nitrogen and oxygen atoms in total. The van der Waals surface area contributed by atoms with Gasteiger partial charge in [-0.25, -0.2) is 10.1 Å². The molecule has 3 rings (SSSR count). The molecule has 22 heavy (non-hydrogen) atoms. The van der Waals surface area contributed by atoms with Crippen molar-refractivity contribution in [1.29, 1.82) is 0 Å². The van der Waals surface area contributed by atoms with Gasteiger partial charge in [-0.05, 0) is 44.4 Å². The molecule has 2 heterocycles. The lowest BCUT2D eigenvalue weighted by Crippen LogP contribution is -2.61. The van der Waals surface area contributed by atoms with Crippen LogP contribution in [0.1, 0.15) is 53.4 Å². The molecule has 1 aliphatic carbocycles. The van der Waals surface area contributed by atoms with Gasteiger partial charge in [-0.3, -0.25) is 0 Å². The summed E-state index contributed by atoms with van der Waals surface area (Å²) in [7, 11) is 1.69. The van der Waals surface area contributed by atoms with E-state index in [4.69, 9.17) is 19.1 Å². The quantitative estimate of drug-likeness (QED) is 0.623. The van der Waals surface area contributed by atoms with Gasteiger partial charge in [0.15, 0.2) is 12.1 Å². The van der Waals surface area contributed by atoms with Gasteiger partial charge < -0.3 is 14.2 Å². The van der Waals surface area contributed by atoms with Crippen molar-refractivity contribution in [2.45, 2.75) is 71.2 Å². The van der Waals surface area contributed by atoms with E-state index in [0.29, 0.717) is 36.0 Å². The Morgan fingerprint density at radius 3 is 2.45 bits per heavy atom.